The zero-order valence-corrected chi connectivity index (χ0v) is 20.8. The Balaban J connectivity index is 1.55. The minimum absolute atomic E-state index is 0.130. The molecular weight excluding hydrogens is 532 g/mol. The molecule has 0 saturated heterocycles. The number of imidazole rings is 1. The lowest BCUT2D eigenvalue weighted by atomic mass is 9.92. The van der Waals surface area contributed by atoms with Crippen molar-refractivity contribution >= 4 is 40.9 Å². The number of carbonyl (C=O) groups is 1. The van der Waals surface area contributed by atoms with Gasteiger partial charge in [-0.3, -0.25) is 4.57 Å². The highest BCUT2D eigenvalue weighted by Gasteiger charge is 2.49. The average Bonchev–Trinajstić information content (AvgIpc) is 3.54. The molecule has 0 atom stereocenters. The van der Waals surface area contributed by atoms with Crippen LogP contribution < -0.4 is 0 Å². The molecule has 0 amide bonds. The Morgan fingerprint density at radius 1 is 1.00 bits per heavy atom. The van der Waals surface area contributed by atoms with Crippen LogP contribution in [0.4, 0.5) is 13.2 Å². The fraction of sp³-hybridized carbons (Fsp3) is 0.154. The van der Waals surface area contributed by atoms with Gasteiger partial charge in [0, 0.05) is 22.4 Å². The molecule has 1 aliphatic rings. The van der Waals surface area contributed by atoms with Crippen molar-refractivity contribution in [3.8, 4) is 5.69 Å². The second-order valence-corrected chi connectivity index (χ2v) is 10.2. The molecule has 10 heteroatoms. The average molecular weight is 549 g/mol. The van der Waals surface area contributed by atoms with Crippen molar-refractivity contribution in [2.24, 2.45) is 0 Å². The summed E-state index contributed by atoms with van der Waals surface area (Å²) in [6.07, 6.45) is 3.35. The summed E-state index contributed by atoms with van der Waals surface area (Å²) in [6.45, 7) is 0. The highest BCUT2D eigenvalue weighted by molar-refractivity contribution is 7.98. The Hall–Kier alpha value is -2.94. The summed E-state index contributed by atoms with van der Waals surface area (Å²) in [5.74, 6) is -3.85. The molecular formula is C26H17Cl2F3N2O2S. The fourth-order valence-corrected chi connectivity index (χ4v) is 5.53. The van der Waals surface area contributed by atoms with E-state index in [-0.39, 0.29) is 11.3 Å². The number of halogens is 5. The molecule has 1 saturated carbocycles. The SMILES string of the molecule is O=C(O)c1cc(F)c(CSc2ncc(C3(c4ccc(Cl)c(Cl)c4)CC3)n2-c2ccc(F)cc2)c(F)c1. The first-order chi connectivity index (χ1) is 17.2. The minimum Gasteiger partial charge on any atom is -0.478 e. The van der Waals surface area contributed by atoms with Crippen molar-refractivity contribution in [3.63, 3.8) is 0 Å². The van der Waals surface area contributed by atoms with Gasteiger partial charge in [0.05, 0.1) is 27.5 Å². The molecule has 184 valence electrons. The Kier molecular flexibility index (Phi) is 6.53. The van der Waals surface area contributed by atoms with Gasteiger partial charge in [-0.05, 0) is 66.9 Å². The summed E-state index contributed by atoms with van der Waals surface area (Å²) in [7, 11) is 0. The highest BCUT2D eigenvalue weighted by Crippen LogP contribution is 2.55. The number of benzene rings is 3. The van der Waals surface area contributed by atoms with E-state index in [2.05, 4.69) is 4.98 Å². The predicted molar refractivity (Wildman–Crippen MR) is 133 cm³/mol. The third-order valence-corrected chi connectivity index (χ3v) is 7.98. The standard InChI is InChI=1S/C26H17Cl2F3N2O2S/c27-19-6-1-15(11-20(19)28)26(7-8-26)23-12-32-25(33(23)17-4-2-16(29)3-5-17)36-13-18-21(30)9-14(24(34)35)10-22(18)31/h1-6,9-12H,7-8,13H2,(H,34,35). The van der Waals surface area contributed by atoms with Gasteiger partial charge in [-0.25, -0.2) is 22.9 Å². The van der Waals surface area contributed by atoms with Crippen LogP contribution in [0.5, 0.6) is 0 Å². The topological polar surface area (TPSA) is 55.1 Å². The van der Waals surface area contributed by atoms with Crippen molar-refractivity contribution in [3.05, 3.63) is 111 Å². The molecule has 5 rings (SSSR count). The summed E-state index contributed by atoms with van der Waals surface area (Å²) in [4.78, 5) is 15.6. The van der Waals surface area contributed by atoms with Gasteiger partial charge in [0.25, 0.3) is 0 Å². The van der Waals surface area contributed by atoms with E-state index < -0.39 is 34.4 Å². The van der Waals surface area contributed by atoms with E-state index in [9.17, 15) is 18.0 Å². The molecule has 4 aromatic rings. The monoisotopic (exact) mass is 548 g/mol. The van der Waals surface area contributed by atoms with Gasteiger partial charge in [-0.2, -0.15) is 0 Å². The van der Waals surface area contributed by atoms with E-state index in [0.717, 1.165) is 48.0 Å². The molecule has 0 radical (unpaired) electrons. The molecule has 1 aliphatic carbocycles. The van der Waals surface area contributed by atoms with Crippen molar-refractivity contribution in [2.45, 2.75) is 29.2 Å². The number of hydrogen-bond acceptors (Lipinski definition) is 3. The Bertz CT molecular complexity index is 1460. The first-order valence-corrected chi connectivity index (χ1v) is 12.6. The van der Waals surface area contributed by atoms with E-state index in [1.807, 2.05) is 16.7 Å². The molecule has 0 aliphatic heterocycles. The molecule has 0 spiro atoms. The maximum atomic E-state index is 14.5. The first kappa shape index (κ1) is 24.7. The second kappa shape index (κ2) is 9.50. The maximum Gasteiger partial charge on any atom is 0.335 e. The summed E-state index contributed by atoms with van der Waals surface area (Å²) in [6, 6.07) is 12.9. The van der Waals surface area contributed by atoms with E-state index in [0.29, 0.717) is 20.9 Å². The number of rotatable bonds is 7. The Morgan fingerprint density at radius 3 is 2.25 bits per heavy atom. The van der Waals surface area contributed by atoms with Crippen LogP contribution in [-0.2, 0) is 11.2 Å². The van der Waals surface area contributed by atoms with Crippen LogP contribution in [0.25, 0.3) is 5.69 Å². The van der Waals surface area contributed by atoms with Gasteiger partial charge in [0.15, 0.2) is 5.16 Å². The van der Waals surface area contributed by atoms with E-state index in [1.54, 1.807) is 24.4 Å². The highest BCUT2D eigenvalue weighted by atomic mass is 35.5. The van der Waals surface area contributed by atoms with Crippen LogP contribution in [0.3, 0.4) is 0 Å². The number of carboxylic acids is 1. The molecule has 4 nitrogen and oxygen atoms in total. The maximum absolute atomic E-state index is 14.5. The van der Waals surface area contributed by atoms with Crippen LogP contribution in [-0.4, -0.2) is 20.6 Å². The van der Waals surface area contributed by atoms with E-state index in [1.165, 1.54) is 12.1 Å². The second-order valence-electron chi connectivity index (χ2n) is 8.46. The third-order valence-electron chi connectivity index (χ3n) is 6.26. The lowest BCUT2D eigenvalue weighted by Crippen LogP contribution is -2.15. The van der Waals surface area contributed by atoms with Crippen LogP contribution in [0.15, 0.2) is 66.0 Å². The number of hydrogen-bond donors (Lipinski definition) is 1. The Morgan fingerprint density at radius 2 is 1.67 bits per heavy atom. The van der Waals surface area contributed by atoms with Gasteiger partial charge in [-0.15, -0.1) is 0 Å². The summed E-state index contributed by atoms with van der Waals surface area (Å²) >= 11 is 13.5. The quantitative estimate of drug-likeness (QED) is 0.241. The molecule has 3 aromatic carbocycles. The van der Waals surface area contributed by atoms with E-state index in [4.69, 9.17) is 28.3 Å². The normalized spacial score (nSPS) is 14.1. The summed E-state index contributed by atoms with van der Waals surface area (Å²) < 4.78 is 44.6. The number of thioether (sulfide) groups is 1. The summed E-state index contributed by atoms with van der Waals surface area (Å²) in [5.41, 5.74) is 1.31. The lowest BCUT2D eigenvalue weighted by molar-refractivity contribution is 0.0695. The molecule has 1 heterocycles. The molecule has 1 aromatic heterocycles. The van der Waals surface area contributed by atoms with Gasteiger partial charge in [-0.1, -0.05) is 41.0 Å². The molecule has 36 heavy (non-hydrogen) atoms. The fourth-order valence-electron chi connectivity index (χ4n) is 4.23. The van der Waals surface area contributed by atoms with Crippen LogP contribution in [0.2, 0.25) is 10.0 Å². The zero-order chi connectivity index (χ0) is 25.6. The van der Waals surface area contributed by atoms with Gasteiger partial charge in [0.1, 0.15) is 17.5 Å². The number of aromatic carboxylic acids is 1. The third kappa shape index (κ3) is 4.49. The smallest absolute Gasteiger partial charge is 0.335 e. The van der Waals surface area contributed by atoms with E-state index >= 15 is 0 Å². The molecule has 0 unspecified atom stereocenters. The number of nitrogens with zero attached hydrogens (tertiary/aromatic N) is 2. The largest absolute Gasteiger partial charge is 0.478 e. The first-order valence-electron chi connectivity index (χ1n) is 10.8. The molecule has 1 fully saturated rings. The van der Waals surface area contributed by atoms with Crippen LogP contribution in [0, 0.1) is 17.5 Å². The van der Waals surface area contributed by atoms with Crippen LogP contribution >= 0.6 is 35.0 Å². The minimum atomic E-state index is -1.42. The van der Waals surface area contributed by atoms with Crippen molar-refractivity contribution in [1.82, 2.24) is 9.55 Å². The Labute approximate surface area is 218 Å². The summed E-state index contributed by atoms with van der Waals surface area (Å²) in [5, 5.41) is 10.4. The number of aromatic nitrogens is 2. The predicted octanol–water partition coefficient (Wildman–Crippen LogP) is 7.67. The number of carboxylic acid groups (broad SMARTS) is 1. The van der Waals surface area contributed by atoms with Crippen molar-refractivity contribution < 1.29 is 23.1 Å². The molecule has 0 bridgehead atoms. The lowest BCUT2D eigenvalue weighted by Gasteiger charge is -2.20. The van der Waals surface area contributed by atoms with Gasteiger partial charge in [0.2, 0.25) is 0 Å². The van der Waals surface area contributed by atoms with Gasteiger partial charge >= 0.3 is 5.97 Å². The van der Waals surface area contributed by atoms with Crippen molar-refractivity contribution in [1.29, 1.82) is 0 Å². The molecule has 1 N–H and O–H groups in total. The zero-order valence-electron chi connectivity index (χ0n) is 18.4. The van der Waals surface area contributed by atoms with Gasteiger partial charge < -0.3 is 5.11 Å². The van der Waals surface area contributed by atoms with Crippen molar-refractivity contribution in [2.75, 3.05) is 0 Å². The van der Waals surface area contributed by atoms with Crippen LogP contribution in [0.1, 0.15) is 40.0 Å².